The van der Waals surface area contributed by atoms with E-state index in [1.165, 1.54) is 0 Å². The lowest BCUT2D eigenvalue weighted by Crippen LogP contribution is -2.41. The molecule has 0 fully saturated rings. The number of carbonyl (C=O) groups is 3. The van der Waals surface area contributed by atoms with Crippen LogP contribution in [-0.4, -0.2) is 42.5 Å². The van der Waals surface area contributed by atoms with E-state index < -0.39 is 11.9 Å². The van der Waals surface area contributed by atoms with Crippen LogP contribution in [0, 0.1) is 6.92 Å². The Kier molecular flexibility index (Phi) is 5.17. The maximum absolute atomic E-state index is 12.4. The van der Waals surface area contributed by atoms with Crippen molar-refractivity contribution in [1.82, 2.24) is 4.98 Å². The van der Waals surface area contributed by atoms with Crippen molar-refractivity contribution in [2.75, 3.05) is 29.9 Å². The van der Waals surface area contributed by atoms with Gasteiger partial charge in [-0.2, -0.15) is 0 Å². The van der Waals surface area contributed by atoms with E-state index in [9.17, 15) is 14.4 Å². The molecule has 0 spiro atoms. The van der Waals surface area contributed by atoms with Gasteiger partial charge in [-0.05, 0) is 26.0 Å². The molecule has 1 aliphatic heterocycles. The minimum absolute atomic E-state index is 0.0184. The van der Waals surface area contributed by atoms with Crippen LogP contribution in [0.2, 0.25) is 0 Å². The Morgan fingerprint density at radius 3 is 2.92 bits per heavy atom. The number of hydrogen-bond acceptors (Lipinski definition) is 8. The van der Waals surface area contributed by atoms with Crippen molar-refractivity contribution in [2.45, 2.75) is 13.8 Å². The van der Waals surface area contributed by atoms with Crippen molar-refractivity contribution in [1.29, 1.82) is 0 Å². The fourth-order valence-corrected chi connectivity index (χ4v) is 3.39. The van der Waals surface area contributed by atoms with E-state index in [-0.39, 0.29) is 25.6 Å². The Balaban J connectivity index is 1.69. The maximum atomic E-state index is 12.4. The first-order valence-corrected chi connectivity index (χ1v) is 8.78. The van der Waals surface area contributed by atoms with Crippen molar-refractivity contribution in [2.24, 2.45) is 0 Å². The largest absolute Gasteiger partial charge is 0.462 e. The third kappa shape index (κ3) is 3.83. The summed E-state index contributed by atoms with van der Waals surface area (Å²) < 4.78 is 10.1. The minimum Gasteiger partial charge on any atom is -0.462 e. The lowest BCUT2D eigenvalue weighted by molar-refractivity contribution is -0.133. The third-order valence-corrected chi connectivity index (χ3v) is 4.64. The quantitative estimate of drug-likeness (QED) is 0.630. The Morgan fingerprint density at radius 1 is 1.38 bits per heavy atom. The number of benzene rings is 1. The molecule has 2 heterocycles. The number of anilines is 2. The highest BCUT2D eigenvalue weighted by molar-refractivity contribution is 7.17. The highest BCUT2D eigenvalue weighted by Gasteiger charge is 2.26. The number of hydrogen-bond donors (Lipinski definition) is 1. The summed E-state index contributed by atoms with van der Waals surface area (Å²) in [5.74, 6) is -0.813. The lowest BCUT2D eigenvalue weighted by Gasteiger charge is -2.28. The number of aromatic nitrogens is 1. The number of para-hydroxylation sites is 2. The molecule has 0 atom stereocenters. The molecule has 0 saturated carbocycles. The number of thiazole rings is 1. The van der Waals surface area contributed by atoms with Crippen LogP contribution in [0.3, 0.4) is 0 Å². The molecule has 0 saturated heterocycles. The molecule has 26 heavy (non-hydrogen) atoms. The molecule has 2 aromatic rings. The first-order valence-electron chi connectivity index (χ1n) is 7.97. The number of esters is 2. The molecule has 1 aromatic heterocycles. The smallest absolute Gasteiger partial charge is 0.350 e. The number of nitrogens with zero attached hydrogens (tertiary/aromatic N) is 2. The van der Waals surface area contributed by atoms with Gasteiger partial charge in [-0.15, -0.1) is 0 Å². The van der Waals surface area contributed by atoms with Crippen LogP contribution in [0.5, 0.6) is 5.75 Å². The Labute approximate surface area is 153 Å². The highest BCUT2D eigenvalue weighted by atomic mass is 32.1. The summed E-state index contributed by atoms with van der Waals surface area (Å²) in [6, 6.07) is 7.01. The third-order valence-electron chi connectivity index (χ3n) is 3.59. The Morgan fingerprint density at radius 2 is 2.15 bits per heavy atom. The summed E-state index contributed by atoms with van der Waals surface area (Å²) in [5, 5.41) is 2.97. The Hall–Kier alpha value is -2.94. The molecule has 1 aliphatic rings. The minimum atomic E-state index is -0.462. The van der Waals surface area contributed by atoms with Gasteiger partial charge in [-0.3, -0.25) is 4.79 Å². The van der Waals surface area contributed by atoms with Gasteiger partial charge < -0.3 is 19.7 Å². The van der Waals surface area contributed by atoms with E-state index in [0.29, 0.717) is 27.1 Å². The second-order valence-electron chi connectivity index (χ2n) is 5.50. The molecule has 1 aromatic carbocycles. The van der Waals surface area contributed by atoms with Crippen LogP contribution in [0.15, 0.2) is 24.3 Å². The standard InChI is InChI=1S/C17H17N3O5S/c1-3-24-16(23)15-10(2)18-17(26-15)19-13(21)8-20-9-14(22)25-12-7-5-4-6-11(12)20/h4-7H,3,8-9H2,1-2H3,(H,18,19,21). The van der Waals surface area contributed by atoms with Gasteiger partial charge in [0.05, 0.1) is 24.5 Å². The topological polar surface area (TPSA) is 97.8 Å². The van der Waals surface area contributed by atoms with E-state index in [4.69, 9.17) is 9.47 Å². The van der Waals surface area contributed by atoms with Crippen LogP contribution in [0.1, 0.15) is 22.3 Å². The van der Waals surface area contributed by atoms with Gasteiger partial charge in [0.15, 0.2) is 10.9 Å². The van der Waals surface area contributed by atoms with Gasteiger partial charge >= 0.3 is 11.9 Å². The molecule has 0 aliphatic carbocycles. The summed E-state index contributed by atoms with van der Waals surface area (Å²) in [6.07, 6.45) is 0. The van der Waals surface area contributed by atoms with Crippen LogP contribution < -0.4 is 15.0 Å². The molecule has 136 valence electrons. The van der Waals surface area contributed by atoms with E-state index in [1.54, 1.807) is 43.0 Å². The average molecular weight is 375 g/mol. The predicted octanol–water partition coefficient (Wildman–Crippen LogP) is 1.99. The summed E-state index contributed by atoms with van der Waals surface area (Å²) in [6.45, 7) is 3.60. The summed E-state index contributed by atoms with van der Waals surface area (Å²) in [7, 11) is 0. The first kappa shape index (κ1) is 17.9. The number of nitrogens with one attached hydrogen (secondary N) is 1. The molecular weight excluding hydrogens is 358 g/mol. The van der Waals surface area contributed by atoms with E-state index in [1.807, 2.05) is 0 Å². The van der Waals surface area contributed by atoms with E-state index >= 15 is 0 Å². The number of carbonyl (C=O) groups excluding carboxylic acids is 3. The van der Waals surface area contributed by atoms with Crippen molar-refractivity contribution < 1.29 is 23.9 Å². The van der Waals surface area contributed by atoms with Crippen molar-refractivity contribution >= 4 is 40.0 Å². The van der Waals surface area contributed by atoms with Gasteiger partial charge in [0, 0.05) is 0 Å². The number of amides is 1. The number of aryl methyl sites for hydroxylation is 1. The van der Waals surface area contributed by atoms with Crippen molar-refractivity contribution in [3.8, 4) is 5.75 Å². The number of fused-ring (bicyclic) bond motifs is 1. The predicted molar refractivity (Wildman–Crippen MR) is 95.7 cm³/mol. The zero-order valence-electron chi connectivity index (χ0n) is 14.3. The van der Waals surface area contributed by atoms with Gasteiger partial charge in [-0.1, -0.05) is 23.5 Å². The Bertz CT molecular complexity index is 864. The molecule has 0 bridgehead atoms. The first-order chi connectivity index (χ1) is 12.5. The second kappa shape index (κ2) is 7.52. The van der Waals surface area contributed by atoms with Crippen LogP contribution in [0.4, 0.5) is 10.8 Å². The van der Waals surface area contributed by atoms with Crippen LogP contribution in [0.25, 0.3) is 0 Å². The molecular formula is C17H17N3O5S. The number of rotatable bonds is 5. The highest BCUT2D eigenvalue weighted by Crippen LogP contribution is 2.31. The SMILES string of the molecule is CCOC(=O)c1sc(NC(=O)CN2CC(=O)Oc3ccccc32)nc1C. The van der Waals surface area contributed by atoms with E-state index in [0.717, 1.165) is 11.3 Å². The normalized spacial score (nSPS) is 13.0. The molecule has 8 nitrogen and oxygen atoms in total. The van der Waals surface area contributed by atoms with Crippen molar-refractivity contribution in [3.63, 3.8) is 0 Å². The molecule has 1 amide bonds. The fourth-order valence-electron chi connectivity index (χ4n) is 2.51. The zero-order chi connectivity index (χ0) is 18.7. The molecule has 0 radical (unpaired) electrons. The zero-order valence-corrected chi connectivity index (χ0v) is 15.1. The van der Waals surface area contributed by atoms with Gasteiger partial charge in [-0.25, -0.2) is 14.6 Å². The van der Waals surface area contributed by atoms with Gasteiger partial charge in [0.2, 0.25) is 5.91 Å². The van der Waals surface area contributed by atoms with Crippen LogP contribution in [-0.2, 0) is 14.3 Å². The molecule has 9 heteroatoms. The summed E-state index contributed by atoms with van der Waals surface area (Å²) >= 11 is 1.06. The second-order valence-corrected chi connectivity index (χ2v) is 6.50. The fraction of sp³-hybridized carbons (Fsp3) is 0.294. The average Bonchev–Trinajstić information content (AvgIpc) is 2.95. The summed E-state index contributed by atoms with van der Waals surface area (Å²) in [4.78, 5) is 42.1. The molecule has 0 unspecified atom stereocenters. The molecule has 1 N–H and O–H groups in total. The monoisotopic (exact) mass is 375 g/mol. The van der Waals surface area contributed by atoms with Gasteiger partial charge in [0.25, 0.3) is 0 Å². The molecule has 3 rings (SSSR count). The van der Waals surface area contributed by atoms with E-state index in [2.05, 4.69) is 10.3 Å². The summed E-state index contributed by atoms with van der Waals surface area (Å²) in [5.41, 5.74) is 1.17. The van der Waals surface area contributed by atoms with Gasteiger partial charge in [0.1, 0.15) is 11.4 Å². The maximum Gasteiger partial charge on any atom is 0.350 e. The number of ether oxygens (including phenoxy) is 2. The van der Waals surface area contributed by atoms with Crippen molar-refractivity contribution in [3.05, 3.63) is 34.8 Å². The van der Waals surface area contributed by atoms with Crippen LogP contribution >= 0.6 is 11.3 Å². The lowest BCUT2D eigenvalue weighted by atomic mass is 10.2.